The van der Waals surface area contributed by atoms with Crippen LogP contribution in [0.4, 0.5) is 0 Å². The highest BCUT2D eigenvalue weighted by molar-refractivity contribution is 5.49. The molecule has 0 saturated carbocycles. The van der Waals surface area contributed by atoms with E-state index in [9.17, 15) is 5.11 Å². The molecule has 3 aromatic rings. The molecule has 168 valence electrons. The minimum Gasteiger partial charge on any atom is -0.376 e. The topological polar surface area (TPSA) is 51.6 Å². The van der Waals surface area contributed by atoms with E-state index in [4.69, 9.17) is 9.47 Å². The van der Waals surface area contributed by atoms with Gasteiger partial charge in [-0.3, -0.25) is 4.98 Å². The first-order valence-electron chi connectivity index (χ1n) is 10.9. The van der Waals surface area contributed by atoms with E-state index in [0.29, 0.717) is 32.0 Å². The Morgan fingerprint density at radius 2 is 1.45 bits per heavy atom. The Bertz CT molecular complexity index is 1160. The maximum atomic E-state index is 12.3. The predicted molar refractivity (Wildman–Crippen MR) is 130 cm³/mol. The molecule has 1 unspecified atom stereocenters. The van der Waals surface area contributed by atoms with Gasteiger partial charge in [0.2, 0.25) is 0 Å². The van der Waals surface area contributed by atoms with Crippen molar-refractivity contribution in [3.63, 3.8) is 0 Å². The molecular formula is C29H29NO3. The standard InChI is InChI=1S/C29H29NO3/c1-4-6-18-32-21-24-13-16-26(17-14-24)29(31,27-15-12-23(3)30-20-27)28-11-9-8-10-25(28)22-33-19-7-5-2/h8-17,20,31H,18-19,21-22H2,1-3H3. The number of aliphatic hydroxyl groups is 1. The normalized spacial score (nSPS) is 12.1. The average Bonchev–Trinajstić information content (AvgIpc) is 2.85. The molecule has 3 rings (SSSR count). The van der Waals surface area contributed by atoms with Gasteiger partial charge in [0.05, 0.1) is 13.2 Å². The maximum absolute atomic E-state index is 12.3. The summed E-state index contributed by atoms with van der Waals surface area (Å²) < 4.78 is 11.3. The lowest BCUT2D eigenvalue weighted by Gasteiger charge is -2.32. The highest BCUT2D eigenvalue weighted by Gasteiger charge is 2.36. The van der Waals surface area contributed by atoms with E-state index in [1.165, 1.54) is 0 Å². The van der Waals surface area contributed by atoms with Crippen LogP contribution in [0.1, 0.15) is 47.4 Å². The summed E-state index contributed by atoms with van der Waals surface area (Å²) in [5.41, 5.74) is 3.58. The maximum Gasteiger partial charge on any atom is 0.142 e. The molecule has 1 aromatic heterocycles. The fourth-order valence-electron chi connectivity index (χ4n) is 3.58. The van der Waals surface area contributed by atoms with Crippen molar-refractivity contribution in [3.8, 4) is 23.7 Å². The lowest BCUT2D eigenvalue weighted by Crippen LogP contribution is -2.30. The Balaban J connectivity index is 2.01. The molecule has 0 aliphatic carbocycles. The largest absolute Gasteiger partial charge is 0.376 e. The third-order valence-electron chi connectivity index (χ3n) is 5.34. The molecule has 1 atom stereocenters. The van der Waals surface area contributed by atoms with E-state index >= 15 is 0 Å². The van der Waals surface area contributed by atoms with E-state index in [0.717, 1.165) is 27.9 Å². The average molecular weight is 440 g/mol. The van der Waals surface area contributed by atoms with Crippen LogP contribution in [0.15, 0.2) is 66.9 Å². The van der Waals surface area contributed by atoms with Crippen LogP contribution in [0.5, 0.6) is 0 Å². The van der Waals surface area contributed by atoms with Crippen LogP contribution >= 0.6 is 0 Å². The molecule has 33 heavy (non-hydrogen) atoms. The number of hydrogen-bond donors (Lipinski definition) is 1. The molecule has 4 nitrogen and oxygen atoms in total. The second kappa shape index (κ2) is 12.0. The fourth-order valence-corrected chi connectivity index (χ4v) is 3.58. The van der Waals surface area contributed by atoms with Gasteiger partial charge in [-0.2, -0.15) is 0 Å². The third-order valence-corrected chi connectivity index (χ3v) is 5.34. The zero-order chi connectivity index (χ0) is 23.5. The molecule has 0 spiro atoms. The van der Waals surface area contributed by atoms with Gasteiger partial charge in [-0.15, -0.1) is 11.8 Å². The fraction of sp³-hybridized carbons (Fsp3) is 0.276. The first kappa shape index (κ1) is 24.2. The SMILES string of the molecule is CC#CCOCc1ccc(C(O)(c2ccc(C)nc2)c2ccccc2COCC#CC)cc1. The number of aryl methyl sites for hydroxylation is 1. The van der Waals surface area contributed by atoms with Crippen molar-refractivity contribution in [2.75, 3.05) is 13.2 Å². The van der Waals surface area contributed by atoms with Gasteiger partial charge >= 0.3 is 0 Å². The number of hydrogen-bond acceptors (Lipinski definition) is 4. The van der Waals surface area contributed by atoms with Crippen LogP contribution in [-0.2, 0) is 28.3 Å². The third kappa shape index (κ3) is 6.09. The van der Waals surface area contributed by atoms with Gasteiger partial charge in [-0.25, -0.2) is 0 Å². The van der Waals surface area contributed by atoms with Gasteiger partial charge in [0.25, 0.3) is 0 Å². The highest BCUT2D eigenvalue weighted by atomic mass is 16.5. The molecule has 4 heteroatoms. The molecule has 0 fully saturated rings. The van der Waals surface area contributed by atoms with E-state index in [-0.39, 0.29) is 0 Å². The first-order valence-corrected chi connectivity index (χ1v) is 10.9. The molecule has 0 saturated heterocycles. The molecule has 0 aliphatic heterocycles. The Hall–Kier alpha value is -3.41. The van der Waals surface area contributed by atoms with E-state index < -0.39 is 5.60 Å². The van der Waals surface area contributed by atoms with Crippen molar-refractivity contribution in [3.05, 3.63) is 100 Å². The Morgan fingerprint density at radius 1 is 0.818 bits per heavy atom. The lowest BCUT2D eigenvalue weighted by atomic mass is 9.79. The van der Waals surface area contributed by atoms with Crippen molar-refractivity contribution in [1.82, 2.24) is 4.98 Å². The summed E-state index contributed by atoms with van der Waals surface area (Å²) in [5, 5.41) is 12.3. The molecule has 1 heterocycles. The zero-order valence-electron chi connectivity index (χ0n) is 19.4. The van der Waals surface area contributed by atoms with Gasteiger partial charge in [0.1, 0.15) is 18.8 Å². The van der Waals surface area contributed by atoms with Crippen LogP contribution in [0.3, 0.4) is 0 Å². The number of nitrogens with zero attached hydrogens (tertiary/aromatic N) is 1. The van der Waals surface area contributed by atoms with Crippen LogP contribution < -0.4 is 0 Å². The van der Waals surface area contributed by atoms with Crippen LogP contribution in [0, 0.1) is 30.6 Å². The van der Waals surface area contributed by atoms with Gasteiger partial charge in [-0.1, -0.05) is 66.4 Å². The number of aromatic nitrogens is 1. The summed E-state index contributed by atoms with van der Waals surface area (Å²) in [5.74, 6) is 11.5. The molecule has 0 bridgehead atoms. The summed E-state index contributed by atoms with van der Waals surface area (Å²) in [4.78, 5) is 4.45. The van der Waals surface area contributed by atoms with Crippen LogP contribution in [0.25, 0.3) is 0 Å². The van der Waals surface area contributed by atoms with Crippen molar-refractivity contribution in [2.24, 2.45) is 0 Å². The zero-order valence-corrected chi connectivity index (χ0v) is 19.4. The summed E-state index contributed by atoms with van der Waals surface area (Å²) in [7, 11) is 0. The van der Waals surface area contributed by atoms with Crippen LogP contribution in [0.2, 0.25) is 0 Å². The van der Waals surface area contributed by atoms with E-state index in [2.05, 4.69) is 28.7 Å². The second-order valence-electron chi connectivity index (χ2n) is 7.59. The molecule has 1 N–H and O–H groups in total. The first-order chi connectivity index (χ1) is 16.1. The van der Waals surface area contributed by atoms with Gasteiger partial charge in [0.15, 0.2) is 0 Å². The lowest BCUT2D eigenvalue weighted by molar-refractivity contribution is 0.115. The van der Waals surface area contributed by atoms with Crippen molar-refractivity contribution in [1.29, 1.82) is 0 Å². The summed E-state index contributed by atoms with van der Waals surface area (Å²) in [6, 6.07) is 19.4. The number of rotatable bonds is 9. The summed E-state index contributed by atoms with van der Waals surface area (Å²) >= 11 is 0. The van der Waals surface area contributed by atoms with Gasteiger partial charge < -0.3 is 14.6 Å². The molecule has 0 radical (unpaired) electrons. The number of pyridine rings is 1. The minimum atomic E-state index is -1.40. The van der Waals surface area contributed by atoms with E-state index in [1.807, 2.05) is 67.6 Å². The van der Waals surface area contributed by atoms with E-state index in [1.54, 1.807) is 20.0 Å². The quantitative estimate of drug-likeness (QED) is 0.386. The Morgan fingerprint density at radius 3 is 2.09 bits per heavy atom. The van der Waals surface area contributed by atoms with Crippen LogP contribution in [-0.4, -0.2) is 23.3 Å². The smallest absolute Gasteiger partial charge is 0.142 e. The van der Waals surface area contributed by atoms with Crippen molar-refractivity contribution in [2.45, 2.75) is 39.6 Å². The van der Waals surface area contributed by atoms with Crippen molar-refractivity contribution < 1.29 is 14.6 Å². The summed E-state index contributed by atoms with van der Waals surface area (Å²) in [6.45, 7) is 7.04. The monoisotopic (exact) mass is 439 g/mol. The van der Waals surface area contributed by atoms with Gasteiger partial charge in [0, 0.05) is 17.5 Å². The molecular weight excluding hydrogens is 410 g/mol. The highest BCUT2D eigenvalue weighted by Crippen LogP contribution is 2.38. The molecule has 2 aromatic carbocycles. The second-order valence-corrected chi connectivity index (χ2v) is 7.59. The molecule has 0 aliphatic rings. The predicted octanol–water partition coefficient (Wildman–Crippen LogP) is 4.75. The Labute approximate surface area is 196 Å². The number of benzene rings is 2. The molecule has 0 amide bonds. The van der Waals surface area contributed by atoms with Crippen molar-refractivity contribution >= 4 is 0 Å². The summed E-state index contributed by atoms with van der Waals surface area (Å²) in [6.07, 6.45) is 1.73. The van der Waals surface area contributed by atoms with Gasteiger partial charge in [-0.05, 0) is 49.1 Å². The Kier molecular flexibility index (Phi) is 8.81. The minimum absolute atomic E-state index is 0.340. The number of ether oxygens (including phenoxy) is 2.